The van der Waals surface area contributed by atoms with Gasteiger partial charge in [0.2, 0.25) is 0 Å². The Balaban J connectivity index is 1.33. The molecule has 8 nitrogen and oxygen atoms in total. The van der Waals surface area contributed by atoms with Crippen molar-refractivity contribution in [3.63, 3.8) is 0 Å². The maximum atomic E-state index is 13.5. The summed E-state index contributed by atoms with van der Waals surface area (Å²) >= 11 is 0. The van der Waals surface area contributed by atoms with Crippen LogP contribution in [-0.4, -0.2) is 60.3 Å². The molecule has 0 bridgehead atoms. The monoisotopic (exact) mass is 557 g/mol. The first-order valence-corrected chi connectivity index (χ1v) is 14.2. The Morgan fingerprint density at radius 2 is 1.71 bits per heavy atom. The number of hydrogen-bond donors (Lipinski definition) is 3. The molecule has 2 fully saturated rings. The van der Waals surface area contributed by atoms with Crippen LogP contribution < -0.4 is 15.6 Å². The Morgan fingerprint density at radius 1 is 0.927 bits per heavy atom. The number of hydrazone groups is 1. The number of benzene rings is 3. The number of nitrogens with zero attached hydrogens (tertiary/aromatic N) is 3. The minimum absolute atomic E-state index is 0.233. The molecule has 0 saturated carbocycles. The average molecular weight is 558 g/mol. The number of aliphatic hydroxyl groups excluding tert-OH is 1. The number of anilines is 2. The van der Waals surface area contributed by atoms with Gasteiger partial charge >= 0.3 is 0 Å². The lowest BCUT2D eigenvalue weighted by molar-refractivity contribution is 0.0792. The van der Waals surface area contributed by atoms with Crippen molar-refractivity contribution in [3.8, 4) is 0 Å². The largest absolute Gasteiger partial charge is 0.393 e. The third-order valence-corrected chi connectivity index (χ3v) is 7.60. The van der Waals surface area contributed by atoms with E-state index in [2.05, 4.69) is 25.6 Å². The number of halogens is 1. The fraction of sp³-hybridized carbons (Fsp3) is 0.344. The van der Waals surface area contributed by atoms with Crippen molar-refractivity contribution in [1.82, 2.24) is 10.3 Å². The van der Waals surface area contributed by atoms with Gasteiger partial charge < -0.3 is 15.3 Å². The molecule has 2 heterocycles. The second-order valence-corrected chi connectivity index (χ2v) is 10.7. The second-order valence-electron chi connectivity index (χ2n) is 10.7. The molecule has 2 amide bonds. The number of aliphatic hydroxyl groups is 1. The molecule has 0 radical (unpaired) electrons. The van der Waals surface area contributed by atoms with Gasteiger partial charge in [-0.3, -0.25) is 14.5 Å². The van der Waals surface area contributed by atoms with Gasteiger partial charge in [0.15, 0.2) is 0 Å². The molecule has 0 atom stereocenters. The SMILES string of the molecule is O=C(Nc1ccc(N2CCCCC2)cc1C(=O)N/N=C/c1cccc(F)c1)c1cccc(CN2CCC(O)CC2)c1. The number of carbonyl (C=O) groups excluding carboxylic acids is 2. The smallest absolute Gasteiger partial charge is 0.273 e. The first kappa shape index (κ1) is 28.4. The summed E-state index contributed by atoms with van der Waals surface area (Å²) in [4.78, 5) is 31.1. The second kappa shape index (κ2) is 13.5. The van der Waals surface area contributed by atoms with E-state index in [1.54, 1.807) is 30.3 Å². The van der Waals surface area contributed by atoms with Crippen LogP contribution in [0.1, 0.15) is 63.9 Å². The maximum absolute atomic E-state index is 13.5. The van der Waals surface area contributed by atoms with Gasteiger partial charge in [0.25, 0.3) is 11.8 Å². The highest BCUT2D eigenvalue weighted by molar-refractivity contribution is 6.09. The summed E-state index contributed by atoms with van der Waals surface area (Å²) in [6, 6.07) is 18.9. The predicted molar refractivity (Wildman–Crippen MR) is 159 cm³/mol. The molecule has 214 valence electrons. The zero-order valence-corrected chi connectivity index (χ0v) is 23.1. The van der Waals surface area contributed by atoms with Crippen molar-refractivity contribution in [2.75, 3.05) is 36.4 Å². The van der Waals surface area contributed by atoms with Crippen LogP contribution in [-0.2, 0) is 6.54 Å². The minimum atomic E-state index is -0.479. The number of nitrogens with one attached hydrogen (secondary N) is 2. The number of carbonyl (C=O) groups is 2. The van der Waals surface area contributed by atoms with Crippen LogP contribution in [0.15, 0.2) is 71.8 Å². The van der Waals surface area contributed by atoms with E-state index >= 15 is 0 Å². The van der Waals surface area contributed by atoms with Crippen molar-refractivity contribution in [1.29, 1.82) is 0 Å². The van der Waals surface area contributed by atoms with Crippen molar-refractivity contribution in [3.05, 3.63) is 94.8 Å². The van der Waals surface area contributed by atoms with Crippen molar-refractivity contribution in [2.24, 2.45) is 5.10 Å². The summed E-state index contributed by atoms with van der Waals surface area (Å²) in [7, 11) is 0. The fourth-order valence-electron chi connectivity index (χ4n) is 5.33. The highest BCUT2D eigenvalue weighted by Gasteiger charge is 2.20. The molecule has 3 N–H and O–H groups in total. The zero-order chi connectivity index (χ0) is 28.6. The Bertz CT molecular complexity index is 1400. The highest BCUT2D eigenvalue weighted by Crippen LogP contribution is 2.27. The number of piperidine rings is 2. The third kappa shape index (κ3) is 7.77. The van der Waals surface area contributed by atoms with E-state index in [0.717, 1.165) is 63.1 Å². The Hall–Kier alpha value is -4.08. The molecule has 0 aromatic heterocycles. The lowest BCUT2D eigenvalue weighted by Gasteiger charge is -2.29. The first-order chi connectivity index (χ1) is 19.9. The molecule has 9 heteroatoms. The average Bonchev–Trinajstić information content (AvgIpc) is 2.99. The first-order valence-electron chi connectivity index (χ1n) is 14.2. The summed E-state index contributed by atoms with van der Waals surface area (Å²) in [5, 5.41) is 16.7. The van der Waals surface area contributed by atoms with Crippen LogP contribution in [0.25, 0.3) is 0 Å². The van der Waals surface area contributed by atoms with Gasteiger partial charge in [0.05, 0.1) is 23.6 Å². The third-order valence-electron chi connectivity index (χ3n) is 7.60. The summed E-state index contributed by atoms with van der Waals surface area (Å²) < 4.78 is 13.5. The maximum Gasteiger partial charge on any atom is 0.273 e. The van der Waals surface area contributed by atoms with Gasteiger partial charge in [-0.25, -0.2) is 9.82 Å². The Kier molecular flexibility index (Phi) is 9.38. The summed E-state index contributed by atoms with van der Waals surface area (Å²) in [6.45, 7) is 4.16. The highest BCUT2D eigenvalue weighted by atomic mass is 19.1. The number of rotatable bonds is 8. The molecule has 5 rings (SSSR count). The predicted octanol–water partition coefficient (Wildman–Crippen LogP) is 4.79. The quantitative estimate of drug-likeness (QED) is 0.273. The fourth-order valence-corrected chi connectivity index (χ4v) is 5.33. The van der Waals surface area contributed by atoms with Gasteiger partial charge in [-0.05, 0) is 85.7 Å². The van der Waals surface area contributed by atoms with Crippen LogP contribution in [0.2, 0.25) is 0 Å². The van der Waals surface area contributed by atoms with Crippen molar-refractivity contribution >= 4 is 29.4 Å². The van der Waals surface area contributed by atoms with Crippen molar-refractivity contribution < 1.29 is 19.1 Å². The molecule has 3 aromatic rings. The number of likely N-dealkylation sites (tertiary alicyclic amines) is 1. The standard InChI is InChI=1S/C32H36FN5O3/c33-26-9-5-6-23(19-26)21-34-36-32(41)29-20-27(38-14-2-1-3-15-38)10-11-30(29)35-31(40)25-8-4-7-24(18-25)22-37-16-12-28(39)13-17-37/h4-11,18-21,28,39H,1-3,12-17,22H2,(H,35,40)(H,36,41)/b34-21+. The van der Waals surface area contributed by atoms with E-state index in [9.17, 15) is 19.1 Å². The normalized spacial score (nSPS) is 16.6. The molecule has 0 spiro atoms. The minimum Gasteiger partial charge on any atom is -0.393 e. The zero-order valence-electron chi connectivity index (χ0n) is 23.1. The number of amides is 2. The molecule has 2 saturated heterocycles. The summed E-state index contributed by atoms with van der Waals surface area (Å²) in [5.41, 5.74) is 6.13. The van der Waals surface area contributed by atoms with Crippen LogP contribution in [0.3, 0.4) is 0 Å². The molecule has 0 unspecified atom stereocenters. The van der Waals surface area contributed by atoms with Gasteiger partial charge in [-0.15, -0.1) is 0 Å². The van der Waals surface area contributed by atoms with Gasteiger partial charge in [-0.2, -0.15) is 5.10 Å². The molecular formula is C32H36FN5O3. The van der Waals surface area contributed by atoms with E-state index in [1.165, 1.54) is 24.8 Å². The van der Waals surface area contributed by atoms with Gasteiger partial charge in [0, 0.05) is 44.0 Å². The van der Waals surface area contributed by atoms with E-state index in [4.69, 9.17) is 0 Å². The lowest BCUT2D eigenvalue weighted by atomic mass is 10.0. The molecule has 3 aromatic carbocycles. The van der Waals surface area contributed by atoms with Gasteiger partial charge in [0.1, 0.15) is 5.82 Å². The lowest BCUT2D eigenvalue weighted by Crippen LogP contribution is -2.35. The molecule has 2 aliphatic heterocycles. The van der Waals surface area contributed by atoms with Crippen LogP contribution in [0.5, 0.6) is 0 Å². The van der Waals surface area contributed by atoms with Gasteiger partial charge in [-0.1, -0.05) is 24.3 Å². The van der Waals surface area contributed by atoms with Crippen LogP contribution in [0.4, 0.5) is 15.8 Å². The van der Waals surface area contributed by atoms with Crippen molar-refractivity contribution in [2.45, 2.75) is 44.8 Å². The van der Waals surface area contributed by atoms with Crippen LogP contribution in [0, 0.1) is 5.82 Å². The topological polar surface area (TPSA) is 97.3 Å². The van der Waals surface area contributed by atoms with E-state index < -0.39 is 11.7 Å². The Labute approximate surface area is 239 Å². The van der Waals surface area contributed by atoms with E-state index in [0.29, 0.717) is 28.9 Å². The molecule has 41 heavy (non-hydrogen) atoms. The van der Waals surface area contributed by atoms with E-state index in [-0.39, 0.29) is 12.0 Å². The van der Waals surface area contributed by atoms with Crippen LogP contribution >= 0.6 is 0 Å². The molecule has 0 aliphatic carbocycles. The van der Waals surface area contributed by atoms with E-state index in [1.807, 2.05) is 24.3 Å². The number of hydrogen-bond acceptors (Lipinski definition) is 6. The summed E-state index contributed by atoms with van der Waals surface area (Å²) in [5.74, 6) is -1.19. The molecule has 2 aliphatic rings. The Morgan fingerprint density at radius 3 is 2.49 bits per heavy atom. The molecular weight excluding hydrogens is 521 g/mol. The summed E-state index contributed by atoms with van der Waals surface area (Å²) in [6.07, 6.45) is 6.02.